The fourth-order valence-corrected chi connectivity index (χ4v) is 2.82. The van der Waals surface area contributed by atoms with Gasteiger partial charge < -0.3 is 9.84 Å². The highest BCUT2D eigenvalue weighted by Gasteiger charge is 2.22. The van der Waals surface area contributed by atoms with Gasteiger partial charge in [-0.25, -0.2) is 8.42 Å². The smallest absolute Gasteiger partial charge is 0.307 e. The maximum atomic E-state index is 12.1. The zero-order valence-electron chi connectivity index (χ0n) is 10.3. The number of ether oxygens (including phenoxy) is 1. The highest BCUT2D eigenvalue weighted by molar-refractivity contribution is 7.92. The van der Waals surface area contributed by atoms with Crippen LogP contribution in [0.25, 0.3) is 0 Å². The van der Waals surface area contributed by atoms with Crippen LogP contribution in [0.15, 0.2) is 29.2 Å². The second-order valence-corrected chi connectivity index (χ2v) is 6.39. The zero-order valence-corrected chi connectivity index (χ0v) is 11.1. The van der Waals surface area contributed by atoms with Crippen molar-refractivity contribution in [2.75, 3.05) is 13.7 Å². The molecule has 1 unspecified atom stereocenters. The van der Waals surface area contributed by atoms with Gasteiger partial charge in [-0.2, -0.15) is 0 Å². The molecule has 0 aliphatic carbocycles. The molecule has 1 atom stereocenters. The number of hydrogen-bond acceptors (Lipinski definition) is 4. The SMILES string of the molecule is COCC(C)S(=O)(=O)c1ccc(CC(=O)O)cc1. The molecular weight excluding hydrogens is 256 g/mol. The molecule has 0 heterocycles. The zero-order chi connectivity index (χ0) is 13.8. The number of rotatable bonds is 6. The summed E-state index contributed by atoms with van der Waals surface area (Å²) in [6.45, 7) is 1.70. The minimum Gasteiger partial charge on any atom is -0.481 e. The Labute approximate surface area is 106 Å². The summed E-state index contributed by atoms with van der Waals surface area (Å²) in [5.41, 5.74) is 0.570. The van der Waals surface area contributed by atoms with Gasteiger partial charge in [0.15, 0.2) is 9.84 Å². The van der Waals surface area contributed by atoms with Crippen molar-refractivity contribution in [3.8, 4) is 0 Å². The Hall–Kier alpha value is -1.40. The van der Waals surface area contributed by atoms with Gasteiger partial charge in [-0.1, -0.05) is 12.1 Å². The van der Waals surface area contributed by atoms with E-state index < -0.39 is 21.1 Å². The molecule has 0 saturated carbocycles. The van der Waals surface area contributed by atoms with E-state index in [1.807, 2.05) is 0 Å². The lowest BCUT2D eigenvalue weighted by Gasteiger charge is -2.12. The molecule has 1 rings (SSSR count). The van der Waals surface area contributed by atoms with Gasteiger partial charge >= 0.3 is 5.97 Å². The van der Waals surface area contributed by atoms with E-state index in [9.17, 15) is 13.2 Å². The normalized spacial score (nSPS) is 13.2. The third-order valence-corrected chi connectivity index (χ3v) is 4.66. The summed E-state index contributed by atoms with van der Waals surface area (Å²) in [5, 5.41) is 7.99. The van der Waals surface area contributed by atoms with Crippen LogP contribution in [0.3, 0.4) is 0 Å². The van der Waals surface area contributed by atoms with Crippen LogP contribution in [0, 0.1) is 0 Å². The monoisotopic (exact) mass is 272 g/mol. The number of sulfone groups is 1. The first-order chi connectivity index (χ1) is 8.37. The Morgan fingerprint density at radius 2 is 1.89 bits per heavy atom. The Balaban J connectivity index is 2.94. The summed E-state index contributed by atoms with van der Waals surface area (Å²) < 4.78 is 28.9. The molecule has 0 aliphatic heterocycles. The van der Waals surface area contributed by atoms with Crippen molar-refractivity contribution in [1.29, 1.82) is 0 Å². The maximum absolute atomic E-state index is 12.1. The molecule has 1 N–H and O–H groups in total. The minimum atomic E-state index is -3.42. The predicted molar refractivity (Wildman–Crippen MR) is 66.3 cm³/mol. The van der Waals surface area contributed by atoms with Gasteiger partial charge in [0.2, 0.25) is 0 Å². The van der Waals surface area contributed by atoms with Crippen LogP contribution in [0.5, 0.6) is 0 Å². The number of carbonyl (C=O) groups is 1. The molecule has 1 aromatic carbocycles. The lowest BCUT2D eigenvalue weighted by molar-refractivity contribution is -0.136. The number of aliphatic carboxylic acids is 1. The molecule has 0 radical (unpaired) electrons. The lowest BCUT2D eigenvalue weighted by Crippen LogP contribution is -2.22. The van der Waals surface area contributed by atoms with Crippen molar-refractivity contribution in [3.05, 3.63) is 29.8 Å². The minimum absolute atomic E-state index is 0.117. The van der Waals surface area contributed by atoms with E-state index >= 15 is 0 Å². The molecule has 0 fully saturated rings. The van der Waals surface area contributed by atoms with Crippen LogP contribution in [0.4, 0.5) is 0 Å². The summed E-state index contributed by atoms with van der Waals surface area (Å²) in [6.07, 6.45) is -0.117. The molecule has 0 amide bonds. The van der Waals surface area contributed by atoms with Gasteiger partial charge in [0.1, 0.15) is 0 Å². The molecule has 100 valence electrons. The fraction of sp³-hybridized carbons (Fsp3) is 0.417. The van der Waals surface area contributed by atoms with Crippen molar-refractivity contribution >= 4 is 15.8 Å². The average Bonchev–Trinajstić information content (AvgIpc) is 2.29. The van der Waals surface area contributed by atoms with Crippen molar-refractivity contribution in [2.45, 2.75) is 23.5 Å². The highest BCUT2D eigenvalue weighted by Crippen LogP contribution is 2.17. The first-order valence-electron chi connectivity index (χ1n) is 5.41. The molecule has 0 spiro atoms. The van der Waals surface area contributed by atoms with Crippen LogP contribution < -0.4 is 0 Å². The second kappa shape index (κ2) is 5.97. The van der Waals surface area contributed by atoms with Crippen LogP contribution in [0.2, 0.25) is 0 Å². The van der Waals surface area contributed by atoms with Crippen molar-refractivity contribution in [3.63, 3.8) is 0 Å². The van der Waals surface area contributed by atoms with E-state index in [1.54, 1.807) is 6.92 Å². The van der Waals surface area contributed by atoms with Gasteiger partial charge in [0, 0.05) is 7.11 Å². The molecule has 6 heteroatoms. The van der Waals surface area contributed by atoms with Crippen molar-refractivity contribution in [2.24, 2.45) is 0 Å². The lowest BCUT2D eigenvalue weighted by atomic mass is 10.2. The Morgan fingerprint density at radius 1 is 1.33 bits per heavy atom. The number of benzene rings is 1. The molecule has 1 aromatic rings. The molecule has 0 aromatic heterocycles. The number of carboxylic acid groups (broad SMARTS) is 1. The standard InChI is InChI=1S/C12H16O5S/c1-9(8-17-2)18(15,16)11-5-3-10(4-6-11)7-12(13)14/h3-6,9H,7-8H2,1-2H3,(H,13,14). The molecule has 0 aliphatic rings. The molecule has 0 bridgehead atoms. The van der Waals surface area contributed by atoms with E-state index in [4.69, 9.17) is 9.84 Å². The summed E-state index contributed by atoms with van der Waals surface area (Å²) >= 11 is 0. The predicted octanol–water partition coefficient (Wildman–Crippen LogP) is 1.12. The van der Waals surface area contributed by atoms with E-state index in [2.05, 4.69) is 0 Å². The van der Waals surface area contributed by atoms with Gasteiger partial charge in [-0.3, -0.25) is 4.79 Å². The molecule has 18 heavy (non-hydrogen) atoms. The number of methoxy groups -OCH3 is 1. The summed E-state index contributed by atoms with van der Waals surface area (Å²) in [4.78, 5) is 10.7. The molecule has 0 saturated heterocycles. The van der Waals surface area contributed by atoms with E-state index in [1.165, 1.54) is 31.4 Å². The van der Waals surface area contributed by atoms with E-state index in [0.29, 0.717) is 5.56 Å². The third-order valence-electron chi connectivity index (χ3n) is 2.54. The largest absolute Gasteiger partial charge is 0.481 e. The molecule has 5 nitrogen and oxygen atoms in total. The van der Waals surface area contributed by atoms with Crippen molar-refractivity contribution < 1.29 is 23.1 Å². The number of carboxylic acids is 1. The first-order valence-corrected chi connectivity index (χ1v) is 6.96. The second-order valence-electron chi connectivity index (χ2n) is 4.03. The average molecular weight is 272 g/mol. The van der Waals surface area contributed by atoms with Crippen LogP contribution in [-0.2, 0) is 25.8 Å². The van der Waals surface area contributed by atoms with E-state index in [-0.39, 0.29) is 17.9 Å². The Kier molecular flexibility index (Phi) is 4.86. The topological polar surface area (TPSA) is 80.7 Å². The van der Waals surface area contributed by atoms with Crippen molar-refractivity contribution in [1.82, 2.24) is 0 Å². The fourth-order valence-electron chi connectivity index (χ4n) is 1.53. The third kappa shape index (κ3) is 3.54. The van der Waals surface area contributed by atoms with Gasteiger partial charge in [-0.15, -0.1) is 0 Å². The van der Waals surface area contributed by atoms with Crippen LogP contribution in [-0.4, -0.2) is 38.5 Å². The summed E-state index contributed by atoms with van der Waals surface area (Å²) in [7, 11) is -1.97. The highest BCUT2D eigenvalue weighted by atomic mass is 32.2. The summed E-state index contributed by atoms with van der Waals surface area (Å²) in [5.74, 6) is -0.946. The van der Waals surface area contributed by atoms with Crippen LogP contribution in [0.1, 0.15) is 12.5 Å². The van der Waals surface area contributed by atoms with Gasteiger partial charge in [0.05, 0.1) is 23.2 Å². The number of hydrogen-bond donors (Lipinski definition) is 1. The Morgan fingerprint density at radius 3 is 2.33 bits per heavy atom. The first kappa shape index (κ1) is 14.7. The Bertz CT molecular complexity index is 504. The van der Waals surface area contributed by atoms with Gasteiger partial charge in [0.25, 0.3) is 0 Å². The van der Waals surface area contributed by atoms with Gasteiger partial charge in [-0.05, 0) is 24.6 Å². The molecular formula is C12H16O5S. The van der Waals surface area contributed by atoms with E-state index in [0.717, 1.165) is 0 Å². The summed E-state index contributed by atoms with van der Waals surface area (Å²) in [6, 6.07) is 5.89. The quantitative estimate of drug-likeness (QED) is 0.839. The maximum Gasteiger partial charge on any atom is 0.307 e. The van der Waals surface area contributed by atoms with Crippen LogP contribution >= 0.6 is 0 Å².